The van der Waals surface area contributed by atoms with Gasteiger partial charge in [-0.25, -0.2) is 14.8 Å². The number of hydrogen-bond donors (Lipinski definition) is 1. The molecule has 0 saturated heterocycles. The summed E-state index contributed by atoms with van der Waals surface area (Å²) in [7, 11) is 0. The average molecular weight is 496 g/mol. The van der Waals surface area contributed by atoms with Crippen LogP contribution in [-0.2, 0) is 4.74 Å². The van der Waals surface area contributed by atoms with Crippen LogP contribution in [0.2, 0.25) is 0 Å². The van der Waals surface area contributed by atoms with Crippen LogP contribution in [-0.4, -0.2) is 28.5 Å². The number of carbonyl (C=O) groups is 2. The number of para-hydroxylation sites is 1. The molecule has 0 radical (unpaired) electrons. The van der Waals surface area contributed by atoms with Gasteiger partial charge in [0.05, 0.1) is 29.1 Å². The van der Waals surface area contributed by atoms with E-state index < -0.39 is 5.97 Å². The largest absolute Gasteiger partial charge is 0.462 e. The Balaban J connectivity index is 1.73. The van der Waals surface area contributed by atoms with Crippen LogP contribution in [0, 0.1) is 6.92 Å². The van der Waals surface area contributed by atoms with Crippen molar-refractivity contribution in [2.24, 2.45) is 0 Å². The van der Waals surface area contributed by atoms with Crippen molar-refractivity contribution in [2.45, 2.75) is 13.8 Å². The molecule has 2 aromatic heterocycles. The summed E-state index contributed by atoms with van der Waals surface area (Å²) in [5.74, 6) is -0.761. The molecule has 1 amide bonds. The number of pyridine rings is 1. The molecule has 0 spiro atoms. The summed E-state index contributed by atoms with van der Waals surface area (Å²) in [6.45, 7) is 3.74. The highest BCUT2D eigenvalue weighted by Crippen LogP contribution is 2.28. The maximum Gasteiger partial charge on any atom is 0.350 e. The summed E-state index contributed by atoms with van der Waals surface area (Å²) in [6.07, 6.45) is 0. The van der Waals surface area contributed by atoms with Crippen molar-refractivity contribution in [1.29, 1.82) is 0 Å². The lowest BCUT2D eigenvalue weighted by molar-refractivity contribution is 0.0531. The first-order chi connectivity index (χ1) is 15.0. The smallest absolute Gasteiger partial charge is 0.350 e. The van der Waals surface area contributed by atoms with Crippen LogP contribution in [0.15, 0.2) is 59.1 Å². The second kappa shape index (κ2) is 8.95. The summed E-state index contributed by atoms with van der Waals surface area (Å²) in [5.41, 5.74) is 3.29. The predicted molar refractivity (Wildman–Crippen MR) is 126 cm³/mol. The third-order valence-electron chi connectivity index (χ3n) is 4.56. The van der Waals surface area contributed by atoms with Crippen molar-refractivity contribution in [2.75, 3.05) is 11.9 Å². The molecular formula is C23H18BrN3O3S. The third-order valence-corrected chi connectivity index (χ3v) is 6.11. The van der Waals surface area contributed by atoms with Crippen LogP contribution < -0.4 is 5.32 Å². The molecular weight excluding hydrogens is 478 g/mol. The normalized spacial score (nSPS) is 10.8. The van der Waals surface area contributed by atoms with Gasteiger partial charge in [-0.1, -0.05) is 57.6 Å². The number of carbonyl (C=O) groups excluding carboxylic acids is 2. The maximum atomic E-state index is 13.2. The molecule has 8 heteroatoms. The van der Waals surface area contributed by atoms with E-state index in [-0.39, 0.29) is 12.5 Å². The molecule has 1 N–H and O–H groups in total. The van der Waals surface area contributed by atoms with Gasteiger partial charge in [-0.2, -0.15) is 0 Å². The molecule has 156 valence electrons. The minimum atomic E-state index is -0.440. The van der Waals surface area contributed by atoms with E-state index in [0.717, 1.165) is 26.8 Å². The number of fused-ring (bicyclic) bond motifs is 1. The topological polar surface area (TPSA) is 81.2 Å². The summed E-state index contributed by atoms with van der Waals surface area (Å²) in [4.78, 5) is 34.7. The lowest BCUT2D eigenvalue weighted by Crippen LogP contribution is -2.13. The van der Waals surface area contributed by atoms with E-state index in [1.807, 2.05) is 48.5 Å². The first-order valence-corrected chi connectivity index (χ1v) is 11.2. The van der Waals surface area contributed by atoms with E-state index in [4.69, 9.17) is 9.72 Å². The molecule has 31 heavy (non-hydrogen) atoms. The van der Waals surface area contributed by atoms with E-state index in [1.54, 1.807) is 19.9 Å². The lowest BCUT2D eigenvalue weighted by Gasteiger charge is -2.10. The minimum absolute atomic E-state index is 0.277. The molecule has 6 nitrogen and oxygen atoms in total. The summed E-state index contributed by atoms with van der Waals surface area (Å²) < 4.78 is 5.98. The number of halogens is 1. The average Bonchev–Trinajstić information content (AvgIpc) is 3.13. The number of ether oxygens (including phenoxy) is 1. The van der Waals surface area contributed by atoms with Crippen molar-refractivity contribution in [3.05, 3.63) is 75.2 Å². The first-order valence-electron chi connectivity index (χ1n) is 9.58. The molecule has 2 aromatic carbocycles. The van der Waals surface area contributed by atoms with Gasteiger partial charge in [-0.05, 0) is 38.1 Å². The number of nitrogens with zero attached hydrogens (tertiary/aromatic N) is 2. The quantitative estimate of drug-likeness (QED) is 0.350. The van der Waals surface area contributed by atoms with Crippen LogP contribution in [0.3, 0.4) is 0 Å². The fourth-order valence-corrected chi connectivity index (χ4v) is 4.41. The van der Waals surface area contributed by atoms with Gasteiger partial charge < -0.3 is 4.74 Å². The number of esters is 1. The van der Waals surface area contributed by atoms with Crippen LogP contribution in [0.4, 0.5) is 5.13 Å². The summed E-state index contributed by atoms with van der Waals surface area (Å²) in [6, 6.07) is 17.0. The van der Waals surface area contributed by atoms with Crippen LogP contribution in [0.5, 0.6) is 0 Å². The van der Waals surface area contributed by atoms with Crippen molar-refractivity contribution < 1.29 is 14.3 Å². The highest BCUT2D eigenvalue weighted by molar-refractivity contribution is 9.10. The minimum Gasteiger partial charge on any atom is -0.462 e. The van der Waals surface area contributed by atoms with Gasteiger partial charge in [-0.3, -0.25) is 10.1 Å². The van der Waals surface area contributed by atoms with Gasteiger partial charge >= 0.3 is 5.97 Å². The molecule has 0 aliphatic heterocycles. The maximum absolute atomic E-state index is 13.2. The molecule has 0 aliphatic carbocycles. The number of benzene rings is 2. The van der Waals surface area contributed by atoms with Crippen LogP contribution >= 0.6 is 27.3 Å². The Hall–Kier alpha value is -3.10. The number of anilines is 1. The van der Waals surface area contributed by atoms with Gasteiger partial charge in [0.1, 0.15) is 4.88 Å². The van der Waals surface area contributed by atoms with Gasteiger partial charge in [0.2, 0.25) is 0 Å². The number of amides is 1. The Labute approximate surface area is 191 Å². The van der Waals surface area contributed by atoms with Crippen molar-refractivity contribution in [3.63, 3.8) is 0 Å². The molecule has 4 aromatic rings. The fourth-order valence-electron chi connectivity index (χ4n) is 3.16. The van der Waals surface area contributed by atoms with E-state index in [1.165, 1.54) is 0 Å². The molecule has 4 rings (SSSR count). The number of aromatic nitrogens is 2. The highest BCUT2D eigenvalue weighted by atomic mass is 79.9. The van der Waals surface area contributed by atoms with E-state index in [0.29, 0.717) is 32.5 Å². The van der Waals surface area contributed by atoms with Crippen LogP contribution in [0.1, 0.15) is 32.6 Å². The second-order valence-corrected chi connectivity index (χ2v) is 8.61. The van der Waals surface area contributed by atoms with Gasteiger partial charge in [0.25, 0.3) is 5.91 Å². The summed E-state index contributed by atoms with van der Waals surface area (Å²) >= 11 is 4.58. The first kappa shape index (κ1) is 21.1. The zero-order chi connectivity index (χ0) is 22.0. The number of nitrogens with one attached hydrogen (secondary N) is 1. The second-order valence-electron chi connectivity index (χ2n) is 6.69. The molecule has 0 aliphatic rings. The molecule has 0 bridgehead atoms. The lowest BCUT2D eigenvalue weighted by atomic mass is 10.0. The van der Waals surface area contributed by atoms with E-state index >= 15 is 0 Å². The molecule has 0 atom stereocenters. The van der Waals surface area contributed by atoms with Crippen LogP contribution in [0.25, 0.3) is 22.2 Å². The molecule has 0 unspecified atom stereocenters. The van der Waals surface area contributed by atoms with Crippen molar-refractivity contribution >= 4 is 55.2 Å². The Morgan fingerprint density at radius 3 is 2.68 bits per heavy atom. The SMILES string of the molecule is CCOC(=O)c1sc(NC(=O)c2cc(-c3cccc(Br)c3)nc3ccccc23)nc1C. The number of thiazole rings is 1. The van der Waals surface area contributed by atoms with Gasteiger partial charge in [0.15, 0.2) is 5.13 Å². The van der Waals surface area contributed by atoms with Crippen molar-refractivity contribution in [1.82, 2.24) is 9.97 Å². The Morgan fingerprint density at radius 2 is 1.90 bits per heavy atom. The Morgan fingerprint density at radius 1 is 1.10 bits per heavy atom. The zero-order valence-corrected chi connectivity index (χ0v) is 19.2. The summed E-state index contributed by atoms with van der Waals surface area (Å²) in [5, 5.41) is 3.90. The van der Waals surface area contributed by atoms with Crippen molar-refractivity contribution in [3.8, 4) is 11.3 Å². The molecule has 2 heterocycles. The Bertz CT molecular complexity index is 1300. The van der Waals surface area contributed by atoms with E-state index in [2.05, 4.69) is 26.2 Å². The fraction of sp³-hybridized carbons (Fsp3) is 0.130. The zero-order valence-electron chi connectivity index (χ0n) is 16.8. The third kappa shape index (κ3) is 4.50. The van der Waals surface area contributed by atoms with E-state index in [9.17, 15) is 9.59 Å². The monoisotopic (exact) mass is 495 g/mol. The Kier molecular flexibility index (Phi) is 6.11. The predicted octanol–water partition coefficient (Wildman–Crippen LogP) is 5.86. The standard InChI is InChI=1S/C23H18BrN3O3S/c1-3-30-22(29)20-13(2)25-23(31-20)27-21(28)17-12-19(14-7-6-8-15(24)11-14)26-18-10-5-4-9-16(17)18/h4-12H,3H2,1-2H3,(H,25,27,28). The van der Waals surface area contributed by atoms with Gasteiger partial charge in [-0.15, -0.1) is 0 Å². The number of aryl methyl sites for hydroxylation is 1. The molecule has 0 saturated carbocycles. The number of rotatable bonds is 5. The van der Waals surface area contributed by atoms with Gasteiger partial charge in [0, 0.05) is 15.4 Å². The highest BCUT2D eigenvalue weighted by Gasteiger charge is 2.20. The molecule has 0 fully saturated rings. The number of hydrogen-bond acceptors (Lipinski definition) is 6.